The van der Waals surface area contributed by atoms with E-state index < -0.39 is 23.6 Å². The second kappa shape index (κ2) is 8.56. The number of hydrogen-bond acceptors (Lipinski definition) is 3. The zero-order valence-electron chi connectivity index (χ0n) is 17.6. The summed E-state index contributed by atoms with van der Waals surface area (Å²) in [7, 11) is 1.49. The van der Waals surface area contributed by atoms with E-state index in [0.717, 1.165) is 22.8 Å². The number of rotatable bonds is 6. The highest BCUT2D eigenvalue weighted by atomic mass is 19.4. The number of aromatic nitrogens is 2. The average Bonchev–Trinajstić information content (AvgIpc) is 3.24. The lowest BCUT2D eigenvalue weighted by Crippen LogP contribution is -2.30. The van der Waals surface area contributed by atoms with E-state index in [0.29, 0.717) is 17.0 Å². The Kier molecular flexibility index (Phi) is 6.24. The van der Waals surface area contributed by atoms with E-state index in [1.54, 1.807) is 26.8 Å². The topological polar surface area (TPSA) is 51.3 Å². The van der Waals surface area contributed by atoms with Crippen molar-refractivity contribution in [3.63, 3.8) is 0 Å². The Bertz CT molecular complexity index is 1070. The number of alkyl halides is 3. The zero-order valence-corrected chi connectivity index (χ0v) is 17.6. The van der Waals surface area contributed by atoms with Crippen molar-refractivity contribution in [2.24, 2.45) is 5.92 Å². The first-order chi connectivity index (χ1) is 14.5. The van der Waals surface area contributed by atoms with Crippen LogP contribution in [0.1, 0.15) is 41.5 Å². The van der Waals surface area contributed by atoms with E-state index in [1.165, 1.54) is 24.1 Å². The van der Waals surface area contributed by atoms with Crippen LogP contribution < -0.4 is 0 Å². The van der Waals surface area contributed by atoms with Crippen LogP contribution in [0.25, 0.3) is 11.1 Å². The molecule has 1 amide bonds. The summed E-state index contributed by atoms with van der Waals surface area (Å²) in [6, 6.07) is 7.64. The molecule has 0 unspecified atom stereocenters. The molecular formula is C22H23F4N3O2. The van der Waals surface area contributed by atoms with Gasteiger partial charge in [-0.2, -0.15) is 13.2 Å². The number of benzene rings is 1. The lowest BCUT2D eigenvalue weighted by Gasteiger charge is -2.21. The van der Waals surface area contributed by atoms with Crippen LogP contribution in [-0.4, -0.2) is 27.6 Å². The third-order valence-corrected chi connectivity index (χ3v) is 4.72. The highest BCUT2D eigenvalue weighted by Crippen LogP contribution is 2.38. The molecule has 0 radical (unpaired) electrons. The van der Waals surface area contributed by atoms with Gasteiger partial charge in [0, 0.05) is 25.2 Å². The third-order valence-electron chi connectivity index (χ3n) is 4.72. The summed E-state index contributed by atoms with van der Waals surface area (Å²) in [5.74, 6) is -0.709. The summed E-state index contributed by atoms with van der Waals surface area (Å²) in [5, 5.41) is 3.84. The Morgan fingerprint density at radius 3 is 2.35 bits per heavy atom. The lowest BCUT2D eigenvalue weighted by atomic mass is 10.0. The van der Waals surface area contributed by atoms with Crippen molar-refractivity contribution in [2.45, 2.75) is 40.0 Å². The van der Waals surface area contributed by atoms with Crippen molar-refractivity contribution >= 4 is 5.91 Å². The van der Waals surface area contributed by atoms with Crippen LogP contribution in [-0.2, 0) is 19.3 Å². The molecular weight excluding hydrogens is 414 g/mol. The molecule has 0 fully saturated rings. The molecule has 0 atom stereocenters. The van der Waals surface area contributed by atoms with Gasteiger partial charge in [0.25, 0.3) is 5.91 Å². The Morgan fingerprint density at radius 2 is 1.84 bits per heavy atom. The fraction of sp³-hybridized carbons (Fsp3) is 0.364. The first kappa shape index (κ1) is 22.6. The highest BCUT2D eigenvalue weighted by Gasteiger charge is 2.39. The first-order valence-corrected chi connectivity index (χ1v) is 9.71. The van der Waals surface area contributed by atoms with Crippen LogP contribution in [0.4, 0.5) is 17.6 Å². The molecule has 0 spiro atoms. The maximum Gasteiger partial charge on any atom is 0.431 e. The van der Waals surface area contributed by atoms with Gasteiger partial charge < -0.3 is 14.0 Å². The molecule has 31 heavy (non-hydrogen) atoms. The van der Waals surface area contributed by atoms with E-state index >= 15 is 0 Å². The average molecular weight is 437 g/mol. The van der Waals surface area contributed by atoms with Crippen LogP contribution in [0.15, 0.2) is 40.9 Å². The molecule has 3 rings (SSSR count). The molecule has 9 heteroatoms. The predicted octanol–water partition coefficient (Wildman–Crippen LogP) is 5.54. The lowest BCUT2D eigenvalue weighted by molar-refractivity contribution is -0.143. The number of aryl methyl sites for hydroxylation is 1. The smallest absolute Gasteiger partial charge is 0.361 e. The predicted molar refractivity (Wildman–Crippen MR) is 107 cm³/mol. The summed E-state index contributed by atoms with van der Waals surface area (Å²) < 4.78 is 61.0. The standard InChI is InChI=1S/C22H23F4N3O2/c1-13(2)11-29-19(22(24,25)26)10-18(15-5-7-16(23)8-6-15)20(29)21(30)28(4)12-17-9-14(3)31-27-17/h5-10,13H,11-12H2,1-4H3. The Morgan fingerprint density at radius 1 is 1.19 bits per heavy atom. The molecule has 166 valence electrons. The van der Waals surface area contributed by atoms with Crippen LogP contribution in [0, 0.1) is 18.7 Å². The van der Waals surface area contributed by atoms with Crippen molar-refractivity contribution in [3.05, 3.63) is 65.1 Å². The highest BCUT2D eigenvalue weighted by molar-refractivity contribution is 6.00. The second-order valence-electron chi connectivity index (χ2n) is 7.89. The fourth-order valence-electron chi connectivity index (χ4n) is 3.41. The minimum Gasteiger partial charge on any atom is -0.361 e. The van der Waals surface area contributed by atoms with Gasteiger partial charge in [0.15, 0.2) is 0 Å². The van der Waals surface area contributed by atoms with E-state index in [2.05, 4.69) is 5.16 Å². The van der Waals surface area contributed by atoms with E-state index in [-0.39, 0.29) is 30.3 Å². The Hall–Kier alpha value is -3.10. The van der Waals surface area contributed by atoms with Gasteiger partial charge in [0.1, 0.15) is 28.7 Å². The summed E-state index contributed by atoms with van der Waals surface area (Å²) >= 11 is 0. The van der Waals surface area contributed by atoms with Gasteiger partial charge in [-0.1, -0.05) is 31.1 Å². The molecule has 2 aromatic heterocycles. The van der Waals surface area contributed by atoms with Gasteiger partial charge in [0.05, 0.1) is 6.54 Å². The number of carbonyl (C=O) groups is 1. The summed E-state index contributed by atoms with van der Waals surface area (Å²) in [6.07, 6.45) is -4.66. The number of carbonyl (C=O) groups excluding carboxylic acids is 1. The van der Waals surface area contributed by atoms with E-state index in [1.807, 2.05) is 0 Å². The maximum atomic E-state index is 13.9. The van der Waals surface area contributed by atoms with Gasteiger partial charge in [-0.15, -0.1) is 0 Å². The van der Waals surface area contributed by atoms with Gasteiger partial charge in [-0.3, -0.25) is 4.79 Å². The molecule has 0 bridgehead atoms. The molecule has 0 aliphatic carbocycles. The normalized spacial score (nSPS) is 11.9. The van der Waals surface area contributed by atoms with Gasteiger partial charge in [0.2, 0.25) is 0 Å². The molecule has 0 saturated heterocycles. The number of halogens is 4. The SMILES string of the molecule is Cc1cc(CN(C)C(=O)c2c(-c3ccc(F)cc3)cc(C(F)(F)F)n2CC(C)C)no1. The second-order valence-corrected chi connectivity index (χ2v) is 7.89. The Labute approximate surface area is 177 Å². The third kappa shape index (κ3) is 4.98. The molecule has 1 aromatic carbocycles. The number of nitrogens with zero attached hydrogens (tertiary/aromatic N) is 3. The van der Waals surface area contributed by atoms with Gasteiger partial charge >= 0.3 is 6.18 Å². The monoisotopic (exact) mass is 437 g/mol. The van der Waals surface area contributed by atoms with Crippen LogP contribution >= 0.6 is 0 Å². The molecule has 3 aromatic rings. The number of hydrogen-bond donors (Lipinski definition) is 0. The van der Waals surface area contributed by atoms with Crippen LogP contribution in [0.3, 0.4) is 0 Å². The van der Waals surface area contributed by atoms with Crippen LogP contribution in [0.2, 0.25) is 0 Å². The molecule has 2 heterocycles. The first-order valence-electron chi connectivity index (χ1n) is 9.71. The molecule has 5 nitrogen and oxygen atoms in total. The van der Waals surface area contributed by atoms with Gasteiger partial charge in [-0.25, -0.2) is 4.39 Å². The molecule has 0 saturated carbocycles. The quantitative estimate of drug-likeness (QED) is 0.476. The minimum atomic E-state index is -4.66. The summed E-state index contributed by atoms with van der Waals surface area (Å²) in [6.45, 7) is 5.30. The number of amides is 1. The zero-order chi connectivity index (χ0) is 22.9. The van der Waals surface area contributed by atoms with Crippen molar-refractivity contribution in [3.8, 4) is 11.1 Å². The molecule has 0 aliphatic heterocycles. The maximum absolute atomic E-state index is 13.9. The largest absolute Gasteiger partial charge is 0.431 e. The van der Waals surface area contributed by atoms with Crippen LogP contribution in [0.5, 0.6) is 0 Å². The van der Waals surface area contributed by atoms with Gasteiger partial charge in [-0.05, 0) is 36.6 Å². The fourth-order valence-corrected chi connectivity index (χ4v) is 3.41. The van der Waals surface area contributed by atoms with Crippen molar-refractivity contribution in [1.82, 2.24) is 14.6 Å². The molecule has 0 N–H and O–H groups in total. The summed E-state index contributed by atoms with van der Waals surface area (Å²) in [4.78, 5) is 14.7. The van der Waals surface area contributed by atoms with E-state index in [4.69, 9.17) is 4.52 Å². The Balaban J connectivity index is 2.15. The molecule has 0 aliphatic rings. The van der Waals surface area contributed by atoms with E-state index in [9.17, 15) is 22.4 Å². The summed E-state index contributed by atoms with van der Waals surface area (Å²) in [5.41, 5.74) is -0.121. The van der Waals surface area contributed by atoms with Crippen molar-refractivity contribution in [2.75, 3.05) is 7.05 Å². The van der Waals surface area contributed by atoms with Crippen molar-refractivity contribution < 1.29 is 26.9 Å². The van der Waals surface area contributed by atoms with Crippen molar-refractivity contribution in [1.29, 1.82) is 0 Å². The minimum absolute atomic E-state index is 0.00593.